The average Bonchev–Trinajstić information content (AvgIpc) is 3.04. The molecule has 0 aliphatic rings. The van der Waals surface area contributed by atoms with Crippen LogP contribution in [-0.2, 0) is 9.53 Å². The number of carbonyl (C=O) groups is 1. The molecule has 158 valence electrons. The number of esters is 1. The molecule has 2 aromatic carbocycles. The first kappa shape index (κ1) is 28.8. The molecule has 31 heavy (non-hydrogen) atoms. The Balaban J connectivity index is 0.00000240. The quantitative estimate of drug-likeness (QED) is 0.207. The minimum Gasteiger partial charge on any atom is -0.512 e. The van der Waals surface area contributed by atoms with Crippen molar-refractivity contribution in [2.75, 3.05) is 7.11 Å². The molecule has 1 atom stereocenters. The van der Waals surface area contributed by atoms with Crippen molar-refractivity contribution in [1.29, 1.82) is 0 Å². The first-order valence-electron chi connectivity index (χ1n) is 9.37. The summed E-state index contributed by atoms with van der Waals surface area (Å²) < 4.78 is 20.0. The Kier molecular flexibility index (Phi) is 11.9. The molecule has 0 spiro atoms. The van der Waals surface area contributed by atoms with E-state index in [1.165, 1.54) is 19.2 Å². The third kappa shape index (κ3) is 6.64. The SMILES string of the molecule is COC(=O)/C=C(\O)CC(O)c1c(-c2ccc(F)cc2)c2ccccc2n1C(C)C.[Ac].[Ac]. The topological polar surface area (TPSA) is 71.7 Å². The smallest absolute Gasteiger partial charge is 0.333 e. The number of aliphatic hydroxyl groups is 2. The summed E-state index contributed by atoms with van der Waals surface area (Å²) in [6.45, 7) is 4.00. The number of aromatic nitrogens is 1. The molecule has 2 radical (unpaired) electrons. The number of halogens is 1. The van der Waals surface area contributed by atoms with Gasteiger partial charge in [-0.2, -0.15) is 0 Å². The van der Waals surface area contributed by atoms with Crippen LogP contribution >= 0.6 is 0 Å². The van der Waals surface area contributed by atoms with Crippen molar-refractivity contribution in [1.82, 2.24) is 4.57 Å². The van der Waals surface area contributed by atoms with Crippen LogP contribution < -0.4 is 0 Å². The van der Waals surface area contributed by atoms with E-state index in [4.69, 9.17) is 0 Å². The van der Waals surface area contributed by atoms with Crippen molar-refractivity contribution in [2.45, 2.75) is 32.4 Å². The fourth-order valence-electron chi connectivity index (χ4n) is 3.64. The van der Waals surface area contributed by atoms with E-state index >= 15 is 0 Å². The van der Waals surface area contributed by atoms with E-state index in [1.54, 1.807) is 12.1 Å². The number of nitrogens with zero attached hydrogens (tertiary/aromatic N) is 1. The summed E-state index contributed by atoms with van der Waals surface area (Å²) in [5.74, 6) is -1.32. The maximum Gasteiger partial charge on any atom is 0.333 e. The van der Waals surface area contributed by atoms with Gasteiger partial charge in [-0.25, -0.2) is 9.18 Å². The minimum absolute atomic E-state index is 0. The Hall–Kier alpha value is -0.237. The fraction of sp³-hybridized carbons (Fsp3) is 0.261. The van der Waals surface area contributed by atoms with E-state index in [9.17, 15) is 19.4 Å². The van der Waals surface area contributed by atoms with Crippen molar-refractivity contribution in [2.24, 2.45) is 0 Å². The number of methoxy groups -OCH3 is 1. The Bertz CT molecular complexity index is 1060. The molecule has 0 aliphatic heterocycles. The van der Waals surface area contributed by atoms with Gasteiger partial charge in [0.15, 0.2) is 0 Å². The second-order valence-electron chi connectivity index (χ2n) is 7.13. The van der Waals surface area contributed by atoms with Crippen LogP contribution in [0.4, 0.5) is 4.39 Å². The molecule has 0 aliphatic carbocycles. The Morgan fingerprint density at radius 2 is 1.74 bits per heavy atom. The summed E-state index contributed by atoms with van der Waals surface area (Å²) in [5, 5.41) is 22.1. The Labute approximate surface area is 252 Å². The Morgan fingerprint density at radius 3 is 2.32 bits per heavy atom. The molecular weight excluding hydrogens is 827 g/mol. The van der Waals surface area contributed by atoms with Crippen LogP contribution in [-0.4, -0.2) is 27.9 Å². The van der Waals surface area contributed by atoms with Gasteiger partial charge in [0, 0.05) is 117 Å². The molecule has 1 aromatic heterocycles. The van der Waals surface area contributed by atoms with Gasteiger partial charge in [0.25, 0.3) is 0 Å². The number of ether oxygens (including phenoxy) is 1. The van der Waals surface area contributed by atoms with Crippen molar-refractivity contribution >= 4 is 16.9 Å². The fourth-order valence-corrected chi connectivity index (χ4v) is 3.64. The monoisotopic (exact) mass is 851 g/mol. The van der Waals surface area contributed by atoms with Gasteiger partial charge in [-0.05, 0) is 37.6 Å². The number of hydrogen-bond acceptors (Lipinski definition) is 4. The van der Waals surface area contributed by atoms with Crippen molar-refractivity contribution in [3.8, 4) is 11.1 Å². The van der Waals surface area contributed by atoms with Crippen LogP contribution in [0.1, 0.15) is 38.1 Å². The average molecular weight is 851 g/mol. The predicted molar refractivity (Wildman–Crippen MR) is 110 cm³/mol. The van der Waals surface area contributed by atoms with Gasteiger partial charge in [0.1, 0.15) is 17.7 Å². The second kappa shape index (κ2) is 12.9. The first-order valence-corrected chi connectivity index (χ1v) is 9.37. The molecule has 2 N–H and O–H groups in total. The molecule has 0 saturated carbocycles. The number of para-hydroxylation sites is 1. The maximum atomic E-state index is 13.5. The molecule has 3 rings (SSSR count). The van der Waals surface area contributed by atoms with Gasteiger partial charge in [-0.15, -0.1) is 0 Å². The van der Waals surface area contributed by atoms with Gasteiger partial charge < -0.3 is 19.5 Å². The van der Waals surface area contributed by atoms with Gasteiger partial charge >= 0.3 is 5.97 Å². The normalized spacial score (nSPS) is 12.3. The molecular formula is C23H24Ac2FNO4. The minimum atomic E-state index is -1.09. The van der Waals surface area contributed by atoms with Gasteiger partial charge in [0.05, 0.1) is 18.9 Å². The third-order valence-corrected chi connectivity index (χ3v) is 4.80. The number of carbonyl (C=O) groups excluding carboxylic acids is 1. The van der Waals surface area contributed by atoms with Crippen molar-refractivity contribution < 1.29 is 112 Å². The molecule has 0 amide bonds. The third-order valence-electron chi connectivity index (χ3n) is 4.80. The summed E-state index contributed by atoms with van der Waals surface area (Å²) in [6, 6.07) is 13.8. The number of hydrogen-bond donors (Lipinski definition) is 2. The standard InChI is InChI=1S/C23H24FNO4.2Ac/c1-14(2)25-19-7-5-4-6-18(19)22(15-8-10-16(24)11-9-15)23(25)20(27)12-17(26)13-21(28)29-3;;/h4-11,13-14,20,26-27H,12H2,1-3H3;;/b17-13-;;. The van der Waals surface area contributed by atoms with Crippen LogP contribution in [0.25, 0.3) is 22.0 Å². The van der Waals surface area contributed by atoms with Crippen LogP contribution in [0.5, 0.6) is 0 Å². The van der Waals surface area contributed by atoms with Crippen LogP contribution in [0, 0.1) is 93.9 Å². The van der Waals surface area contributed by atoms with E-state index in [2.05, 4.69) is 4.74 Å². The Morgan fingerprint density at radius 1 is 1.13 bits per heavy atom. The van der Waals surface area contributed by atoms with E-state index in [0.717, 1.165) is 28.1 Å². The van der Waals surface area contributed by atoms with Crippen LogP contribution in [0.2, 0.25) is 0 Å². The van der Waals surface area contributed by atoms with Gasteiger partial charge in [0.2, 0.25) is 0 Å². The molecule has 3 aromatic rings. The zero-order valence-electron chi connectivity index (χ0n) is 17.7. The number of benzene rings is 2. The first-order chi connectivity index (χ1) is 13.8. The zero-order valence-corrected chi connectivity index (χ0v) is 27.2. The molecule has 8 heteroatoms. The molecule has 0 saturated heterocycles. The molecule has 0 bridgehead atoms. The largest absolute Gasteiger partial charge is 0.512 e. The summed E-state index contributed by atoms with van der Waals surface area (Å²) in [5.41, 5.74) is 3.05. The molecule has 0 fully saturated rings. The van der Waals surface area contributed by atoms with E-state index in [-0.39, 0.29) is 112 Å². The van der Waals surface area contributed by atoms with Gasteiger partial charge in [-0.3, -0.25) is 0 Å². The summed E-state index contributed by atoms with van der Waals surface area (Å²) in [6.07, 6.45) is -0.305. The summed E-state index contributed by atoms with van der Waals surface area (Å²) in [7, 11) is 1.21. The molecule has 5 nitrogen and oxygen atoms in total. The number of fused-ring (bicyclic) bond motifs is 1. The zero-order chi connectivity index (χ0) is 21.1. The summed E-state index contributed by atoms with van der Waals surface area (Å²) >= 11 is 0. The van der Waals surface area contributed by atoms with Crippen LogP contribution in [0.15, 0.2) is 60.4 Å². The predicted octanol–water partition coefficient (Wildman–Crippen LogP) is 5.07. The van der Waals surface area contributed by atoms with Gasteiger partial charge in [-0.1, -0.05) is 30.3 Å². The van der Waals surface area contributed by atoms with E-state index in [0.29, 0.717) is 5.69 Å². The maximum absolute atomic E-state index is 13.5. The number of aliphatic hydroxyl groups excluding tert-OH is 2. The van der Waals surface area contributed by atoms with Crippen molar-refractivity contribution in [3.63, 3.8) is 0 Å². The van der Waals surface area contributed by atoms with E-state index in [1.807, 2.05) is 42.7 Å². The number of rotatable bonds is 6. The summed E-state index contributed by atoms with van der Waals surface area (Å²) in [4.78, 5) is 11.4. The second-order valence-corrected chi connectivity index (χ2v) is 7.13. The van der Waals surface area contributed by atoms with Crippen LogP contribution in [0.3, 0.4) is 0 Å². The van der Waals surface area contributed by atoms with Crippen molar-refractivity contribution in [3.05, 3.63) is 71.9 Å². The molecule has 1 heterocycles. The molecule has 1 unspecified atom stereocenters. The van der Waals surface area contributed by atoms with E-state index < -0.39 is 12.1 Å².